The predicted octanol–water partition coefficient (Wildman–Crippen LogP) is 2.73. The first kappa shape index (κ1) is 18.2. The first-order valence-electron chi connectivity index (χ1n) is 8.10. The van der Waals surface area contributed by atoms with Gasteiger partial charge in [0.1, 0.15) is 17.3 Å². The van der Waals surface area contributed by atoms with E-state index in [0.29, 0.717) is 16.8 Å². The minimum atomic E-state index is -0.555. The highest BCUT2D eigenvalue weighted by Crippen LogP contribution is 2.40. The van der Waals surface area contributed by atoms with E-state index >= 15 is 0 Å². The number of nitro groups is 1. The Hall–Kier alpha value is -2.62. The number of anilines is 1. The van der Waals surface area contributed by atoms with E-state index in [-0.39, 0.29) is 17.3 Å². The summed E-state index contributed by atoms with van der Waals surface area (Å²) in [7, 11) is 3.31. The van der Waals surface area contributed by atoms with Crippen LogP contribution in [0.25, 0.3) is 0 Å². The number of carbonyl (C=O) groups excluding carboxylic acids is 1. The summed E-state index contributed by atoms with van der Waals surface area (Å²) in [6.45, 7) is 1.72. The maximum absolute atomic E-state index is 12.5. The molecule has 2 aromatic rings. The normalized spacial score (nSPS) is 14.7. The van der Waals surface area contributed by atoms with Crippen molar-refractivity contribution in [2.75, 3.05) is 12.4 Å². The molecule has 9 nitrogen and oxygen atoms in total. The second-order valence-electron chi connectivity index (χ2n) is 6.06. The van der Waals surface area contributed by atoms with Crippen LogP contribution in [-0.4, -0.2) is 38.0 Å². The lowest BCUT2D eigenvalue weighted by Gasteiger charge is -2.12. The Bertz CT molecular complexity index is 849. The number of amides is 1. The number of nitro benzene ring substituents is 1. The summed E-state index contributed by atoms with van der Waals surface area (Å²) in [4.78, 5) is 23.1. The van der Waals surface area contributed by atoms with Gasteiger partial charge in [0, 0.05) is 13.0 Å². The van der Waals surface area contributed by atoms with Crippen LogP contribution in [0, 0.1) is 10.1 Å². The number of rotatable bonds is 7. The number of aromatic nitrogens is 3. The minimum Gasteiger partial charge on any atom is -0.496 e. The highest BCUT2D eigenvalue weighted by molar-refractivity contribution is 8.00. The van der Waals surface area contributed by atoms with Gasteiger partial charge in [0.2, 0.25) is 5.91 Å². The number of nitrogens with one attached hydrogen (secondary N) is 1. The van der Waals surface area contributed by atoms with E-state index in [2.05, 4.69) is 15.5 Å². The molecule has 1 aromatic carbocycles. The molecular weight excluding hydrogens is 358 g/mol. The average Bonchev–Trinajstić information content (AvgIpc) is 3.40. The third-order valence-electron chi connectivity index (χ3n) is 4.12. The van der Waals surface area contributed by atoms with Crippen molar-refractivity contribution in [1.29, 1.82) is 0 Å². The molecule has 1 fully saturated rings. The number of ether oxygens (including phenoxy) is 1. The van der Waals surface area contributed by atoms with Crippen molar-refractivity contribution < 1.29 is 14.5 Å². The molecule has 1 amide bonds. The van der Waals surface area contributed by atoms with Crippen molar-refractivity contribution in [3.8, 4) is 5.75 Å². The van der Waals surface area contributed by atoms with Gasteiger partial charge in [0.25, 0.3) is 5.69 Å². The Morgan fingerprint density at radius 3 is 2.81 bits per heavy atom. The fourth-order valence-electron chi connectivity index (χ4n) is 2.47. The van der Waals surface area contributed by atoms with Gasteiger partial charge in [-0.05, 0) is 31.9 Å². The number of carbonyl (C=O) groups is 1. The number of hydrogen-bond acceptors (Lipinski definition) is 7. The Morgan fingerprint density at radius 1 is 1.46 bits per heavy atom. The van der Waals surface area contributed by atoms with Gasteiger partial charge < -0.3 is 14.6 Å². The minimum absolute atomic E-state index is 0.130. The van der Waals surface area contributed by atoms with Crippen LogP contribution in [0.2, 0.25) is 0 Å². The topological polar surface area (TPSA) is 112 Å². The van der Waals surface area contributed by atoms with Crippen LogP contribution in [0.15, 0.2) is 23.4 Å². The van der Waals surface area contributed by atoms with Crippen LogP contribution in [0.4, 0.5) is 11.4 Å². The third-order valence-corrected chi connectivity index (χ3v) is 5.26. The Kier molecular flexibility index (Phi) is 5.12. The van der Waals surface area contributed by atoms with Gasteiger partial charge in [-0.25, -0.2) is 0 Å². The fourth-order valence-corrected chi connectivity index (χ4v) is 3.29. The summed E-state index contributed by atoms with van der Waals surface area (Å²) in [5, 5.41) is 22.3. The number of hydrogen-bond donors (Lipinski definition) is 1. The molecule has 1 atom stereocenters. The van der Waals surface area contributed by atoms with Crippen molar-refractivity contribution in [2.45, 2.75) is 36.1 Å². The maximum Gasteiger partial charge on any atom is 0.296 e. The number of methoxy groups -OCH3 is 1. The molecular formula is C16H19N5O4S. The zero-order valence-corrected chi connectivity index (χ0v) is 15.4. The van der Waals surface area contributed by atoms with E-state index in [9.17, 15) is 14.9 Å². The molecule has 1 saturated carbocycles. The lowest BCUT2D eigenvalue weighted by Crippen LogP contribution is -2.23. The van der Waals surface area contributed by atoms with Gasteiger partial charge in [-0.3, -0.25) is 14.9 Å². The van der Waals surface area contributed by atoms with Gasteiger partial charge in [0.05, 0.1) is 23.3 Å². The molecule has 1 heterocycles. The van der Waals surface area contributed by atoms with Gasteiger partial charge in [0.15, 0.2) is 5.16 Å². The lowest BCUT2D eigenvalue weighted by atomic mass is 10.2. The molecule has 0 aliphatic heterocycles. The molecule has 3 rings (SSSR count). The molecule has 0 saturated heterocycles. The highest BCUT2D eigenvalue weighted by Gasteiger charge is 2.30. The van der Waals surface area contributed by atoms with E-state index < -0.39 is 10.2 Å². The van der Waals surface area contributed by atoms with E-state index in [1.807, 2.05) is 11.6 Å². The molecule has 1 aromatic heterocycles. The van der Waals surface area contributed by atoms with Crippen LogP contribution in [0.1, 0.15) is 31.5 Å². The van der Waals surface area contributed by atoms with Crippen molar-refractivity contribution in [3.63, 3.8) is 0 Å². The molecule has 0 bridgehead atoms. The Balaban J connectivity index is 1.70. The second-order valence-corrected chi connectivity index (χ2v) is 7.37. The number of benzene rings is 1. The summed E-state index contributed by atoms with van der Waals surface area (Å²) in [5.74, 6) is 1.40. The lowest BCUT2D eigenvalue weighted by molar-refractivity contribution is -0.384. The largest absolute Gasteiger partial charge is 0.496 e. The molecule has 1 aliphatic carbocycles. The first-order valence-corrected chi connectivity index (χ1v) is 8.98. The van der Waals surface area contributed by atoms with E-state index in [0.717, 1.165) is 18.7 Å². The molecule has 0 unspecified atom stereocenters. The van der Waals surface area contributed by atoms with Crippen LogP contribution in [0.3, 0.4) is 0 Å². The average molecular weight is 377 g/mol. The van der Waals surface area contributed by atoms with Crippen LogP contribution in [0.5, 0.6) is 5.75 Å². The van der Waals surface area contributed by atoms with Crippen LogP contribution in [-0.2, 0) is 11.8 Å². The van der Waals surface area contributed by atoms with Crippen molar-refractivity contribution in [3.05, 3.63) is 34.1 Å². The van der Waals surface area contributed by atoms with Crippen molar-refractivity contribution in [2.24, 2.45) is 7.05 Å². The molecule has 26 heavy (non-hydrogen) atoms. The second kappa shape index (κ2) is 7.32. The molecule has 138 valence electrons. The molecule has 1 aliphatic rings. The molecule has 10 heteroatoms. The zero-order valence-electron chi connectivity index (χ0n) is 14.6. The summed E-state index contributed by atoms with van der Waals surface area (Å²) >= 11 is 1.27. The van der Waals surface area contributed by atoms with Gasteiger partial charge in [-0.1, -0.05) is 11.8 Å². The number of nitrogens with zero attached hydrogens (tertiary/aromatic N) is 4. The summed E-state index contributed by atoms with van der Waals surface area (Å²) in [6, 6.07) is 4.29. The van der Waals surface area contributed by atoms with Gasteiger partial charge in [-0.15, -0.1) is 10.2 Å². The van der Waals surface area contributed by atoms with E-state index in [1.54, 1.807) is 13.0 Å². The van der Waals surface area contributed by atoms with E-state index in [4.69, 9.17) is 4.74 Å². The highest BCUT2D eigenvalue weighted by atomic mass is 32.2. The molecule has 1 N–H and O–H groups in total. The Labute approximate surface area is 154 Å². The standard InChI is InChI=1S/C16H19N5O4S/c1-9(26-16-19-18-14(20(16)2)10-4-5-10)15(22)17-12-7-6-11(25-3)8-13(12)21(23)24/h6-10H,4-5H2,1-3H3,(H,17,22)/t9-/m1/s1. The molecule has 0 spiro atoms. The maximum atomic E-state index is 12.5. The monoisotopic (exact) mass is 377 g/mol. The summed E-state index contributed by atoms with van der Waals surface area (Å²) in [6.07, 6.45) is 2.24. The summed E-state index contributed by atoms with van der Waals surface area (Å²) in [5.41, 5.74) is -0.0885. The van der Waals surface area contributed by atoms with Crippen LogP contribution >= 0.6 is 11.8 Å². The number of thioether (sulfide) groups is 1. The van der Waals surface area contributed by atoms with Gasteiger partial charge in [-0.2, -0.15) is 0 Å². The van der Waals surface area contributed by atoms with Crippen molar-refractivity contribution in [1.82, 2.24) is 14.8 Å². The predicted molar refractivity (Wildman–Crippen MR) is 96.6 cm³/mol. The SMILES string of the molecule is COc1ccc(NC(=O)[C@@H](C)Sc2nnc(C3CC3)n2C)c([N+](=O)[O-])c1. The van der Waals surface area contributed by atoms with Crippen molar-refractivity contribution >= 4 is 29.0 Å². The quantitative estimate of drug-likeness (QED) is 0.448. The van der Waals surface area contributed by atoms with Crippen LogP contribution < -0.4 is 10.1 Å². The van der Waals surface area contributed by atoms with E-state index in [1.165, 1.54) is 31.0 Å². The third kappa shape index (κ3) is 3.79. The smallest absolute Gasteiger partial charge is 0.296 e. The zero-order chi connectivity index (χ0) is 18.8. The Morgan fingerprint density at radius 2 is 2.19 bits per heavy atom. The molecule has 0 radical (unpaired) electrons. The fraction of sp³-hybridized carbons (Fsp3) is 0.438. The first-order chi connectivity index (χ1) is 12.4. The van der Waals surface area contributed by atoms with Gasteiger partial charge >= 0.3 is 0 Å². The summed E-state index contributed by atoms with van der Waals surface area (Å²) < 4.78 is 6.90.